The third kappa shape index (κ3) is 2.83. The zero-order valence-electron chi connectivity index (χ0n) is 13.0. The molecule has 0 amide bonds. The first-order chi connectivity index (χ1) is 10.7. The highest BCUT2D eigenvalue weighted by molar-refractivity contribution is 5.90. The molecule has 0 atom stereocenters. The molecule has 0 N–H and O–H groups in total. The maximum atomic E-state index is 11.5. The molecular weight excluding hydrogens is 284 g/mol. The second kappa shape index (κ2) is 6.85. The van der Waals surface area contributed by atoms with Crippen LogP contribution in [0.1, 0.15) is 10.4 Å². The molecule has 116 valence electrons. The summed E-state index contributed by atoms with van der Waals surface area (Å²) < 4.78 is 20.8. The normalized spacial score (nSPS) is 10.0. The van der Waals surface area contributed by atoms with Gasteiger partial charge in [-0.25, -0.2) is 4.79 Å². The maximum Gasteiger partial charge on any atom is 0.337 e. The van der Waals surface area contributed by atoms with Gasteiger partial charge in [0.1, 0.15) is 0 Å². The number of benzene rings is 2. The van der Waals surface area contributed by atoms with E-state index in [9.17, 15) is 4.79 Å². The summed E-state index contributed by atoms with van der Waals surface area (Å²) >= 11 is 0. The summed E-state index contributed by atoms with van der Waals surface area (Å²) in [5, 5.41) is 0. The fourth-order valence-electron chi connectivity index (χ4n) is 2.23. The molecule has 0 aromatic heterocycles. The number of hydrogen-bond donors (Lipinski definition) is 0. The first-order valence-electron chi connectivity index (χ1n) is 6.64. The number of methoxy groups -OCH3 is 4. The molecule has 0 aliphatic rings. The third-order valence-electron chi connectivity index (χ3n) is 3.32. The first-order valence-corrected chi connectivity index (χ1v) is 6.64. The van der Waals surface area contributed by atoms with Crippen LogP contribution in [0.2, 0.25) is 0 Å². The average molecular weight is 302 g/mol. The topological polar surface area (TPSA) is 54.0 Å². The summed E-state index contributed by atoms with van der Waals surface area (Å²) in [4.78, 5) is 11.5. The van der Waals surface area contributed by atoms with Gasteiger partial charge in [-0.1, -0.05) is 12.1 Å². The molecule has 0 aliphatic carbocycles. The molecular formula is C17H18O5. The first kappa shape index (κ1) is 15.7. The van der Waals surface area contributed by atoms with Crippen molar-refractivity contribution in [1.29, 1.82) is 0 Å². The number of esters is 1. The van der Waals surface area contributed by atoms with Crippen molar-refractivity contribution in [2.45, 2.75) is 0 Å². The summed E-state index contributed by atoms with van der Waals surface area (Å²) in [6.45, 7) is 0. The highest BCUT2D eigenvalue weighted by atomic mass is 16.5. The summed E-state index contributed by atoms with van der Waals surface area (Å²) in [5.74, 6) is 1.33. The molecule has 2 aromatic rings. The van der Waals surface area contributed by atoms with Crippen LogP contribution in [0.3, 0.4) is 0 Å². The largest absolute Gasteiger partial charge is 0.493 e. The molecule has 0 spiro atoms. The number of carbonyl (C=O) groups is 1. The lowest BCUT2D eigenvalue weighted by molar-refractivity contribution is 0.0601. The van der Waals surface area contributed by atoms with Gasteiger partial charge in [-0.3, -0.25) is 0 Å². The molecule has 0 saturated carbocycles. The van der Waals surface area contributed by atoms with Crippen molar-refractivity contribution in [3.63, 3.8) is 0 Å². The van der Waals surface area contributed by atoms with Crippen LogP contribution in [0, 0.1) is 0 Å². The van der Waals surface area contributed by atoms with Crippen molar-refractivity contribution in [3.8, 4) is 28.4 Å². The van der Waals surface area contributed by atoms with Gasteiger partial charge in [0.25, 0.3) is 0 Å². The van der Waals surface area contributed by atoms with Crippen LogP contribution in [0.15, 0.2) is 36.4 Å². The van der Waals surface area contributed by atoms with E-state index in [2.05, 4.69) is 0 Å². The zero-order valence-corrected chi connectivity index (χ0v) is 13.0. The number of ether oxygens (including phenoxy) is 4. The fraction of sp³-hybridized carbons (Fsp3) is 0.235. The van der Waals surface area contributed by atoms with Crippen molar-refractivity contribution in [2.24, 2.45) is 0 Å². The van der Waals surface area contributed by atoms with E-state index in [4.69, 9.17) is 18.9 Å². The minimum Gasteiger partial charge on any atom is -0.493 e. The van der Waals surface area contributed by atoms with Crippen molar-refractivity contribution < 1.29 is 23.7 Å². The van der Waals surface area contributed by atoms with Crippen LogP contribution in [0.4, 0.5) is 0 Å². The molecule has 5 nitrogen and oxygen atoms in total. The Hall–Kier alpha value is -2.69. The molecule has 2 aromatic carbocycles. The maximum absolute atomic E-state index is 11.5. The van der Waals surface area contributed by atoms with E-state index in [1.54, 1.807) is 33.5 Å². The van der Waals surface area contributed by atoms with E-state index in [0.29, 0.717) is 22.8 Å². The van der Waals surface area contributed by atoms with E-state index in [1.807, 2.05) is 24.3 Å². The predicted molar refractivity (Wildman–Crippen MR) is 82.9 cm³/mol. The monoisotopic (exact) mass is 302 g/mol. The van der Waals surface area contributed by atoms with Crippen molar-refractivity contribution in [3.05, 3.63) is 42.0 Å². The van der Waals surface area contributed by atoms with Crippen LogP contribution >= 0.6 is 0 Å². The van der Waals surface area contributed by atoms with E-state index in [1.165, 1.54) is 7.11 Å². The summed E-state index contributed by atoms with van der Waals surface area (Å²) in [6.07, 6.45) is 0. The number of hydrogen-bond acceptors (Lipinski definition) is 5. The Labute approximate surface area is 129 Å². The molecule has 0 heterocycles. The predicted octanol–water partition coefficient (Wildman–Crippen LogP) is 3.17. The van der Waals surface area contributed by atoms with E-state index >= 15 is 0 Å². The molecule has 5 heteroatoms. The molecule has 22 heavy (non-hydrogen) atoms. The second-order valence-corrected chi connectivity index (χ2v) is 4.45. The van der Waals surface area contributed by atoms with Gasteiger partial charge in [0.05, 0.1) is 34.0 Å². The van der Waals surface area contributed by atoms with Crippen LogP contribution in [-0.4, -0.2) is 34.4 Å². The van der Waals surface area contributed by atoms with Gasteiger partial charge in [0.15, 0.2) is 11.5 Å². The van der Waals surface area contributed by atoms with Gasteiger partial charge >= 0.3 is 5.97 Å². The van der Waals surface area contributed by atoms with Gasteiger partial charge < -0.3 is 18.9 Å². The highest BCUT2D eigenvalue weighted by Gasteiger charge is 2.17. The third-order valence-corrected chi connectivity index (χ3v) is 3.32. The van der Waals surface area contributed by atoms with E-state index < -0.39 is 0 Å². The zero-order chi connectivity index (χ0) is 16.1. The number of rotatable bonds is 5. The Morgan fingerprint density at radius 3 is 1.91 bits per heavy atom. The average Bonchev–Trinajstić information content (AvgIpc) is 2.59. The molecule has 0 radical (unpaired) electrons. The second-order valence-electron chi connectivity index (χ2n) is 4.45. The quantitative estimate of drug-likeness (QED) is 0.794. The molecule has 0 unspecified atom stereocenters. The van der Waals surface area contributed by atoms with Crippen molar-refractivity contribution in [2.75, 3.05) is 28.4 Å². The highest BCUT2D eigenvalue weighted by Crippen LogP contribution is 2.44. The Kier molecular flexibility index (Phi) is 4.88. The Morgan fingerprint density at radius 1 is 0.773 bits per heavy atom. The standard InChI is InChI=1S/C17H18O5/c1-19-14-10-9-13(15(20-2)16(14)21-3)11-5-7-12(8-6-11)17(18)22-4/h5-10H,1-4H3. The van der Waals surface area contributed by atoms with Gasteiger partial charge in [-0.2, -0.15) is 0 Å². The fourth-order valence-corrected chi connectivity index (χ4v) is 2.23. The Morgan fingerprint density at radius 2 is 1.41 bits per heavy atom. The van der Waals surface area contributed by atoms with Gasteiger partial charge in [-0.15, -0.1) is 0 Å². The SMILES string of the molecule is COC(=O)c1ccc(-c2ccc(OC)c(OC)c2OC)cc1. The van der Waals surface area contributed by atoms with Crippen LogP contribution in [0.5, 0.6) is 17.2 Å². The summed E-state index contributed by atoms with van der Waals surface area (Å²) in [6, 6.07) is 10.8. The molecule has 0 saturated heterocycles. The van der Waals surface area contributed by atoms with Crippen molar-refractivity contribution in [1.82, 2.24) is 0 Å². The van der Waals surface area contributed by atoms with Crippen LogP contribution in [0.25, 0.3) is 11.1 Å². The summed E-state index contributed by atoms with van der Waals surface area (Å²) in [7, 11) is 6.06. The molecule has 0 bridgehead atoms. The summed E-state index contributed by atoms with van der Waals surface area (Å²) in [5.41, 5.74) is 2.23. The van der Waals surface area contributed by atoms with Gasteiger partial charge in [-0.05, 0) is 29.8 Å². The van der Waals surface area contributed by atoms with Crippen LogP contribution in [-0.2, 0) is 4.74 Å². The minimum absolute atomic E-state index is 0.370. The minimum atomic E-state index is -0.370. The molecule has 0 aliphatic heterocycles. The van der Waals surface area contributed by atoms with Gasteiger partial charge in [0, 0.05) is 5.56 Å². The lowest BCUT2D eigenvalue weighted by Crippen LogP contribution is -2.00. The lowest BCUT2D eigenvalue weighted by atomic mass is 10.0. The van der Waals surface area contributed by atoms with Gasteiger partial charge in [0.2, 0.25) is 5.75 Å². The molecule has 2 rings (SSSR count). The van der Waals surface area contributed by atoms with Crippen molar-refractivity contribution >= 4 is 5.97 Å². The smallest absolute Gasteiger partial charge is 0.337 e. The number of carbonyl (C=O) groups excluding carboxylic acids is 1. The van der Waals surface area contributed by atoms with E-state index in [0.717, 1.165) is 11.1 Å². The Bertz CT molecular complexity index is 661. The Balaban J connectivity index is 2.50. The van der Waals surface area contributed by atoms with E-state index in [-0.39, 0.29) is 5.97 Å². The lowest BCUT2D eigenvalue weighted by Gasteiger charge is -2.16. The molecule has 0 fully saturated rings. The van der Waals surface area contributed by atoms with Crippen LogP contribution < -0.4 is 14.2 Å².